The molecule has 0 fully saturated rings. The standard InChI is InChI=1S/C7H7ClO2S/c1-5(9)10-4-7-6(8)2-3-11-7/h2-3H,4H2,1H3. The van der Waals surface area contributed by atoms with Gasteiger partial charge in [0.1, 0.15) is 6.61 Å². The summed E-state index contributed by atoms with van der Waals surface area (Å²) in [6, 6.07) is 1.78. The highest BCUT2D eigenvalue weighted by Crippen LogP contribution is 2.22. The van der Waals surface area contributed by atoms with Crippen LogP contribution in [0.15, 0.2) is 11.4 Å². The van der Waals surface area contributed by atoms with E-state index < -0.39 is 0 Å². The third-order valence-electron chi connectivity index (χ3n) is 1.10. The fourth-order valence-corrected chi connectivity index (χ4v) is 1.60. The van der Waals surface area contributed by atoms with E-state index in [-0.39, 0.29) is 12.6 Å². The molecule has 0 aliphatic rings. The molecular formula is C7H7ClO2S. The molecule has 0 bridgehead atoms. The fraction of sp³-hybridized carbons (Fsp3) is 0.286. The van der Waals surface area contributed by atoms with Crippen LogP contribution in [0.25, 0.3) is 0 Å². The topological polar surface area (TPSA) is 26.3 Å². The Morgan fingerprint density at radius 3 is 3.00 bits per heavy atom. The largest absolute Gasteiger partial charge is 0.460 e. The number of thiophene rings is 1. The van der Waals surface area contributed by atoms with Gasteiger partial charge < -0.3 is 4.74 Å². The van der Waals surface area contributed by atoms with E-state index in [9.17, 15) is 4.79 Å². The summed E-state index contributed by atoms with van der Waals surface area (Å²) < 4.78 is 4.75. The number of hydrogen-bond donors (Lipinski definition) is 0. The smallest absolute Gasteiger partial charge is 0.302 e. The molecule has 1 heterocycles. The quantitative estimate of drug-likeness (QED) is 0.670. The van der Waals surface area contributed by atoms with Crippen LogP contribution in [0.2, 0.25) is 5.02 Å². The van der Waals surface area contributed by atoms with Crippen molar-refractivity contribution in [2.75, 3.05) is 0 Å². The second kappa shape index (κ2) is 3.74. The average Bonchev–Trinajstić information content (AvgIpc) is 2.31. The molecule has 1 aromatic rings. The summed E-state index contributed by atoms with van der Waals surface area (Å²) in [5.74, 6) is -0.283. The molecule has 2 nitrogen and oxygen atoms in total. The minimum absolute atomic E-state index is 0.283. The van der Waals surface area contributed by atoms with Gasteiger partial charge in [0, 0.05) is 6.92 Å². The normalized spacial score (nSPS) is 9.64. The van der Waals surface area contributed by atoms with Gasteiger partial charge in [0.2, 0.25) is 0 Å². The molecule has 0 aliphatic carbocycles. The number of esters is 1. The number of carbonyl (C=O) groups is 1. The monoisotopic (exact) mass is 190 g/mol. The Bertz CT molecular complexity index is 257. The van der Waals surface area contributed by atoms with Crippen molar-refractivity contribution in [2.45, 2.75) is 13.5 Å². The highest BCUT2D eigenvalue weighted by molar-refractivity contribution is 7.10. The summed E-state index contributed by atoms with van der Waals surface area (Å²) in [6.07, 6.45) is 0. The third-order valence-corrected chi connectivity index (χ3v) is 2.46. The molecule has 60 valence electrons. The van der Waals surface area contributed by atoms with Crippen molar-refractivity contribution in [1.29, 1.82) is 0 Å². The van der Waals surface area contributed by atoms with Gasteiger partial charge in [-0.05, 0) is 11.4 Å². The first kappa shape index (κ1) is 8.56. The first-order valence-corrected chi connectivity index (χ1v) is 4.31. The molecular weight excluding hydrogens is 184 g/mol. The molecule has 0 aliphatic heterocycles. The number of carbonyl (C=O) groups excluding carboxylic acids is 1. The summed E-state index contributed by atoms with van der Waals surface area (Å²) in [6.45, 7) is 1.66. The minimum atomic E-state index is -0.283. The Kier molecular flexibility index (Phi) is 2.91. The number of halogens is 1. The van der Waals surface area contributed by atoms with Crippen LogP contribution < -0.4 is 0 Å². The van der Waals surface area contributed by atoms with E-state index >= 15 is 0 Å². The Morgan fingerprint density at radius 1 is 1.82 bits per heavy atom. The summed E-state index contributed by atoms with van der Waals surface area (Å²) >= 11 is 7.22. The summed E-state index contributed by atoms with van der Waals surface area (Å²) in [5.41, 5.74) is 0. The number of rotatable bonds is 2. The average molecular weight is 191 g/mol. The minimum Gasteiger partial charge on any atom is -0.460 e. The van der Waals surface area contributed by atoms with Crippen molar-refractivity contribution in [3.05, 3.63) is 21.3 Å². The third kappa shape index (κ3) is 2.52. The zero-order valence-corrected chi connectivity index (χ0v) is 7.54. The lowest BCUT2D eigenvalue weighted by atomic mass is 10.5. The first-order valence-electron chi connectivity index (χ1n) is 3.05. The van der Waals surface area contributed by atoms with Crippen LogP contribution in [0, 0.1) is 0 Å². The van der Waals surface area contributed by atoms with Gasteiger partial charge in [-0.1, -0.05) is 11.6 Å². The second-order valence-corrected chi connectivity index (χ2v) is 3.38. The lowest BCUT2D eigenvalue weighted by Gasteiger charge is -1.98. The van der Waals surface area contributed by atoms with Crippen molar-refractivity contribution in [1.82, 2.24) is 0 Å². The molecule has 1 aromatic heterocycles. The van der Waals surface area contributed by atoms with Crippen LogP contribution in [0.3, 0.4) is 0 Å². The van der Waals surface area contributed by atoms with E-state index in [2.05, 4.69) is 0 Å². The maximum atomic E-state index is 10.4. The number of ether oxygens (including phenoxy) is 1. The van der Waals surface area contributed by atoms with Crippen LogP contribution in [0.5, 0.6) is 0 Å². The first-order chi connectivity index (χ1) is 5.20. The molecule has 0 atom stereocenters. The van der Waals surface area contributed by atoms with Gasteiger partial charge in [0.25, 0.3) is 0 Å². The molecule has 0 radical (unpaired) electrons. The lowest BCUT2D eigenvalue weighted by Crippen LogP contribution is -1.97. The molecule has 0 saturated carbocycles. The molecule has 0 N–H and O–H groups in total. The Balaban J connectivity index is 2.51. The molecule has 0 spiro atoms. The Hall–Kier alpha value is -0.540. The zero-order chi connectivity index (χ0) is 8.27. The summed E-state index contributed by atoms with van der Waals surface area (Å²) in [4.78, 5) is 11.3. The van der Waals surface area contributed by atoms with E-state index in [1.807, 2.05) is 5.38 Å². The molecule has 0 saturated heterocycles. The molecule has 0 amide bonds. The predicted octanol–water partition coefficient (Wildman–Crippen LogP) is 2.46. The van der Waals surface area contributed by atoms with Gasteiger partial charge in [0.15, 0.2) is 0 Å². The molecule has 4 heteroatoms. The van der Waals surface area contributed by atoms with E-state index in [0.29, 0.717) is 5.02 Å². The lowest BCUT2D eigenvalue weighted by molar-refractivity contribution is -0.142. The Labute approximate surface area is 73.7 Å². The van der Waals surface area contributed by atoms with Gasteiger partial charge >= 0.3 is 5.97 Å². The molecule has 11 heavy (non-hydrogen) atoms. The summed E-state index contributed by atoms with van der Waals surface area (Å²) in [5, 5.41) is 2.53. The van der Waals surface area contributed by atoms with Crippen molar-refractivity contribution < 1.29 is 9.53 Å². The van der Waals surface area contributed by atoms with E-state index in [4.69, 9.17) is 16.3 Å². The van der Waals surface area contributed by atoms with Gasteiger partial charge in [-0.2, -0.15) is 0 Å². The predicted molar refractivity (Wildman–Crippen MR) is 44.8 cm³/mol. The van der Waals surface area contributed by atoms with Crippen molar-refractivity contribution in [3.63, 3.8) is 0 Å². The van der Waals surface area contributed by atoms with Gasteiger partial charge in [-0.15, -0.1) is 11.3 Å². The van der Waals surface area contributed by atoms with Gasteiger partial charge in [0.05, 0.1) is 9.90 Å². The molecule has 0 aromatic carbocycles. The fourth-order valence-electron chi connectivity index (χ4n) is 0.595. The van der Waals surface area contributed by atoms with Crippen molar-refractivity contribution >= 4 is 28.9 Å². The van der Waals surface area contributed by atoms with Gasteiger partial charge in [-0.3, -0.25) is 4.79 Å². The number of hydrogen-bond acceptors (Lipinski definition) is 3. The second-order valence-electron chi connectivity index (χ2n) is 1.97. The highest BCUT2D eigenvalue weighted by Gasteiger charge is 2.02. The van der Waals surface area contributed by atoms with Crippen molar-refractivity contribution in [3.8, 4) is 0 Å². The highest BCUT2D eigenvalue weighted by atomic mass is 35.5. The molecule has 1 rings (SSSR count). The SMILES string of the molecule is CC(=O)OCc1sccc1Cl. The van der Waals surface area contributed by atoms with Crippen LogP contribution in [0.1, 0.15) is 11.8 Å². The van der Waals surface area contributed by atoms with E-state index in [1.165, 1.54) is 18.3 Å². The van der Waals surface area contributed by atoms with Crippen molar-refractivity contribution in [2.24, 2.45) is 0 Å². The van der Waals surface area contributed by atoms with Crippen LogP contribution in [-0.2, 0) is 16.1 Å². The van der Waals surface area contributed by atoms with E-state index in [1.54, 1.807) is 6.07 Å². The van der Waals surface area contributed by atoms with Gasteiger partial charge in [-0.25, -0.2) is 0 Å². The molecule has 0 unspecified atom stereocenters. The van der Waals surface area contributed by atoms with E-state index in [0.717, 1.165) is 4.88 Å². The van der Waals surface area contributed by atoms with Crippen LogP contribution in [0.4, 0.5) is 0 Å². The summed E-state index contributed by atoms with van der Waals surface area (Å²) in [7, 11) is 0. The zero-order valence-electron chi connectivity index (χ0n) is 5.96. The Morgan fingerprint density at radius 2 is 2.55 bits per heavy atom. The maximum absolute atomic E-state index is 10.4. The van der Waals surface area contributed by atoms with Crippen LogP contribution in [-0.4, -0.2) is 5.97 Å². The van der Waals surface area contributed by atoms with Crippen LogP contribution >= 0.6 is 22.9 Å². The maximum Gasteiger partial charge on any atom is 0.302 e.